The molecule has 1 atom stereocenters. The SMILES string of the molecule is CN(N)/C=C(\N)CC1(C2=CCCC=C2)CCc2c(sc(N)c2C(=O)O)C1=O. The number of carboxylic acid groups (broad SMARTS) is 1. The Labute approximate surface area is 161 Å². The lowest BCUT2D eigenvalue weighted by Gasteiger charge is -2.38. The van der Waals surface area contributed by atoms with Crippen LogP contribution < -0.4 is 17.3 Å². The first-order valence-electron chi connectivity index (χ1n) is 8.76. The number of nitrogen functional groups attached to an aromatic ring is 1. The van der Waals surface area contributed by atoms with Gasteiger partial charge in [-0.2, -0.15) is 0 Å². The Hall–Kier alpha value is -2.58. The van der Waals surface area contributed by atoms with Crippen molar-refractivity contribution in [2.75, 3.05) is 12.8 Å². The Balaban J connectivity index is 2.11. The number of carbonyl (C=O) groups excluding carboxylic acids is 1. The Kier molecular flexibility index (Phi) is 5.12. The van der Waals surface area contributed by atoms with Crippen molar-refractivity contribution in [1.29, 1.82) is 0 Å². The van der Waals surface area contributed by atoms with Crippen molar-refractivity contribution in [3.05, 3.63) is 51.7 Å². The summed E-state index contributed by atoms with van der Waals surface area (Å²) in [5.41, 5.74) is 13.3. The van der Waals surface area contributed by atoms with E-state index < -0.39 is 11.4 Å². The van der Waals surface area contributed by atoms with Crippen LogP contribution in [0.1, 0.15) is 51.3 Å². The number of nitrogens with two attached hydrogens (primary N) is 3. The predicted molar refractivity (Wildman–Crippen MR) is 106 cm³/mol. The lowest BCUT2D eigenvalue weighted by molar-refractivity contribution is 0.0696. The number of Topliss-reactive ketones (excluding diaryl/α,β-unsaturated/α-hetero) is 1. The number of allylic oxidation sites excluding steroid dienone is 5. The van der Waals surface area contributed by atoms with Gasteiger partial charge in [-0.05, 0) is 36.8 Å². The molecule has 0 amide bonds. The first-order chi connectivity index (χ1) is 12.8. The van der Waals surface area contributed by atoms with Gasteiger partial charge in [0.15, 0.2) is 5.78 Å². The molecular weight excluding hydrogens is 364 g/mol. The minimum atomic E-state index is -1.09. The zero-order chi connectivity index (χ0) is 19.8. The van der Waals surface area contributed by atoms with E-state index in [0.29, 0.717) is 35.4 Å². The maximum atomic E-state index is 13.6. The summed E-state index contributed by atoms with van der Waals surface area (Å²) >= 11 is 1.06. The first kappa shape index (κ1) is 19.2. The minimum absolute atomic E-state index is 0.0651. The van der Waals surface area contributed by atoms with E-state index in [1.54, 1.807) is 13.2 Å². The van der Waals surface area contributed by atoms with Crippen LogP contribution in [-0.2, 0) is 6.42 Å². The molecule has 27 heavy (non-hydrogen) atoms. The second kappa shape index (κ2) is 7.21. The van der Waals surface area contributed by atoms with Crippen LogP contribution in [0, 0.1) is 5.41 Å². The van der Waals surface area contributed by atoms with Gasteiger partial charge < -0.3 is 21.6 Å². The van der Waals surface area contributed by atoms with Gasteiger partial charge in [-0.15, -0.1) is 11.3 Å². The van der Waals surface area contributed by atoms with Gasteiger partial charge >= 0.3 is 5.97 Å². The Morgan fingerprint density at radius 3 is 2.78 bits per heavy atom. The summed E-state index contributed by atoms with van der Waals surface area (Å²) in [6.07, 6.45) is 10.8. The number of thiophene rings is 1. The summed E-state index contributed by atoms with van der Waals surface area (Å²) in [6, 6.07) is 0. The second-order valence-corrected chi connectivity index (χ2v) is 8.10. The van der Waals surface area contributed by atoms with Crippen LogP contribution >= 0.6 is 11.3 Å². The molecule has 0 aliphatic heterocycles. The first-order valence-corrected chi connectivity index (χ1v) is 9.58. The number of aromatic carboxylic acids is 1. The second-order valence-electron chi connectivity index (χ2n) is 7.05. The van der Waals surface area contributed by atoms with E-state index in [2.05, 4.69) is 12.2 Å². The van der Waals surface area contributed by atoms with Gasteiger partial charge in [0, 0.05) is 25.4 Å². The Morgan fingerprint density at radius 1 is 1.44 bits per heavy atom. The fraction of sp³-hybridized carbons (Fsp3) is 0.368. The molecule has 1 aromatic heterocycles. The molecule has 0 bridgehead atoms. The van der Waals surface area contributed by atoms with Gasteiger partial charge in [-0.1, -0.05) is 18.2 Å². The zero-order valence-electron chi connectivity index (χ0n) is 15.2. The standard InChI is InChI=1S/C19H24N4O3S/c1-23(22)10-12(20)9-19(11-5-3-2-4-6-11)8-7-13-14(18(25)26)17(21)27-15(13)16(19)24/h3,5-6,10H,2,4,7-9,20-22H2,1H3,(H,25,26)/b12-10-. The summed E-state index contributed by atoms with van der Waals surface area (Å²) in [4.78, 5) is 25.6. The summed E-state index contributed by atoms with van der Waals surface area (Å²) < 4.78 is 0. The third-order valence-electron chi connectivity index (χ3n) is 5.11. The van der Waals surface area contributed by atoms with Gasteiger partial charge in [0.1, 0.15) is 5.00 Å². The molecule has 2 aliphatic carbocycles. The lowest BCUT2D eigenvalue weighted by atomic mass is 9.64. The smallest absolute Gasteiger partial charge is 0.338 e. The molecule has 0 saturated heterocycles. The lowest BCUT2D eigenvalue weighted by Crippen LogP contribution is -2.39. The van der Waals surface area contributed by atoms with Crippen LogP contribution in [0.5, 0.6) is 0 Å². The van der Waals surface area contributed by atoms with Crippen LogP contribution in [0.3, 0.4) is 0 Å². The van der Waals surface area contributed by atoms with Gasteiger partial charge in [0.05, 0.1) is 15.9 Å². The fourth-order valence-electron chi connectivity index (χ4n) is 3.98. The van der Waals surface area contributed by atoms with Crippen molar-refractivity contribution in [3.63, 3.8) is 0 Å². The molecule has 2 aliphatic rings. The molecule has 1 unspecified atom stereocenters. The Morgan fingerprint density at radius 2 is 2.19 bits per heavy atom. The van der Waals surface area contributed by atoms with Crippen LogP contribution in [0.25, 0.3) is 0 Å². The number of hydrogen-bond donors (Lipinski definition) is 4. The number of anilines is 1. The van der Waals surface area contributed by atoms with E-state index >= 15 is 0 Å². The summed E-state index contributed by atoms with van der Waals surface area (Å²) in [5.74, 6) is 4.47. The van der Waals surface area contributed by atoms with Crippen molar-refractivity contribution < 1.29 is 14.7 Å². The van der Waals surface area contributed by atoms with Gasteiger partial charge in [0.25, 0.3) is 0 Å². The highest BCUT2D eigenvalue weighted by Gasteiger charge is 2.47. The van der Waals surface area contributed by atoms with Gasteiger partial charge in [0.2, 0.25) is 0 Å². The van der Waals surface area contributed by atoms with E-state index in [1.807, 2.05) is 6.08 Å². The third kappa shape index (κ3) is 3.38. The topological polar surface area (TPSA) is 136 Å². The Bertz CT molecular complexity index is 882. The van der Waals surface area contributed by atoms with E-state index in [9.17, 15) is 14.7 Å². The fourth-order valence-corrected chi connectivity index (χ4v) is 5.13. The molecule has 0 radical (unpaired) electrons. The molecule has 0 fully saturated rings. The quantitative estimate of drug-likeness (QED) is 0.449. The number of rotatable bonds is 5. The number of nitrogens with zero attached hydrogens (tertiary/aromatic N) is 1. The molecular formula is C19H24N4O3S. The highest BCUT2D eigenvalue weighted by atomic mass is 32.1. The molecule has 3 rings (SSSR count). The molecule has 0 saturated carbocycles. The average Bonchev–Trinajstić information content (AvgIpc) is 2.94. The van der Waals surface area contributed by atoms with Crippen molar-refractivity contribution in [2.24, 2.45) is 17.0 Å². The molecule has 0 spiro atoms. The number of carbonyl (C=O) groups is 2. The maximum Gasteiger partial charge on any atom is 0.338 e. The van der Waals surface area contributed by atoms with Crippen LogP contribution in [0.2, 0.25) is 0 Å². The molecule has 0 aromatic carbocycles. The number of hydrogen-bond acceptors (Lipinski definition) is 7. The van der Waals surface area contributed by atoms with Crippen molar-refractivity contribution in [3.8, 4) is 0 Å². The average molecular weight is 388 g/mol. The molecule has 8 heteroatoms. The number of ketones is 1. The largest absolute Gasteiger partial charge is 0.478 e. The number of hydrazine groups is 1. The zero-order valence-corrected chi connectivity index (χ0v) is 16.0. The summed E-state index contributed by atoms with van der Waals surface area (Å²) in [6.45, 7) is 0. The molecule has 7 N–H and O–H groups in total. The minimum Gasteiger partial charge on any atom is -0.478 e. The van der Waals surface area contributed by atoms with E-state index in [4.69, 9.17) is 17.3 Å². The van der Waals surface area contributed by atoms with Crippen molar-refractivity contribution in [2.45, 2.75) is 32.1 Å². The van der Waals surface area contributed by atoms with E-state index in [0.717, 1.165) is 29.8 Å². The summed E-state index contributed by atoms with van der Waals surface area (Å²) in [5, 5.41) is 11.0. The normalized spacial score (nSPS) is 22.4. The summed E-state index contributed by atoms with van der Waals surface area (Å²) in [7, 11) is 1.67. The number of carboxylic acids is 1. The van der Waals surface area contributed by atoms with Crippen molar-refractivity contribution in [1.82, 2.24) is 5.01 Å². The van der Waals surface area contributed by atoms with Crippen molar-refractivity contribution >= 4 is 28.1 Å². The van der Waals surface area contributed by atoms with Gasteiger partial charge in [-0.25, -0.2) is 10.6 Å². The number of fused-ring (bicyclic) bond motifs is 1. The van der Waals surface area contributed by atoms with Crippen LogP contribution in [-0.4, -0.2) is 28.9 Å². The predicted octanol–water partition coefficient (Wildman–Crippen LogP) is 2.42. The third-order valence-corrected chi connectivity index (χ3v) is 6.17. The maximum absolute atomic E-state index is 13.6. The molecule has 144 valence electrons. The van der Waals surface area contributed by atoms with Gasteiger partial charge in [-0.3, -0.25) is 4.79 Å². The van der Waals surface area contributed by atoms with E-state index in [1.165, 1.54) is 5.01 Å². The molecule has 1 heterocycles. The monoisotopic (exact) mass is 388 g/mol. The van der Waals surface area contributed by atoms with Crippen LogP contribution in [0.4, 0.5) is 5.00 Å². The van der Waals surface area contributed by atoms with E-state index in [-0.39, 0.29) is 16.3 Å². The highest BCUT2D eigenvalue weighted by molar-refractivity contribution is 7.18. The molecule has 1 aromatic rings. The van der Waals surface area contributed by atoms with Crippen LogP contribution in [0.15, 0.2) is 35.7 Å². The highest BCUT2D eigenvalue weighted by Crippen LogP contribution is 2.50. The molecule has 7 nitrogen and oxygen atoms in total.